The molecule has 1 rings (SSSR count). The summed E-state index contributed by atoms with van der Waals surface area (Å²) >= 11 is 0.979. The van der Waals surface area contributed by atoms with Gasteiger partial charge in [0, 0.05) is 26.6 Å². The lowest BCUT2D eigenvalue weighted by atomic mass is 10.2. The highest BCUT2D eigenvalue weighted by molar-refractivity contribution is 8.26. The third-order valence-electron chi connectivity index (χ3n) is 3.92. The Labute approximate surface area is 211 Å². The topological polar surface area (TPSA) is 156 Å². The summed E-state index contributed by atoms with van der Waals surface area (Å²) in [6.45, 7) is 10.0. The number of nitrogens with one attached hydrogen (secondary N) is 5. The van der Waals surface area contributed by atoms with E-state index in [1.54, 1.807) is 33.9 Å². The lowest BCUT2D eigenvalue weighted by Crippen LogP contribution is -2.41. The van der Waals surface area contributed by atoms with Crippen LogP contribution in [0, 0.1) is 22.7 Å². The van der Waals surface area contributed by atoms with Gasteiger partial charge in [0.25, 0.3) is 0 Å². The largest absolute Gasteiger partial charge is 0.444 e. The number of likely N-dealkylation sites (N-methyl/N-ethyl adjacent to an activating group) is 1. The number of anilines is 2. The summed E-state index contributed by atoms with van der Waals surface area (Å²) in [6.07, 6.45) is 3.14. The number of carbonyl (C=O) groups is 2. The molecule has 0 radical (unpaired) electrons. The van der Waals surface area contributed by atoms with E-state index < -0.39 is 11.7 Å². The highest BCUT2D eigenvalue weighted by Gasteiger charge is 2.20. The molecular formula is C23H36N8O3S. The van der Waals surface area contributed by atoms with Crippen LogP contribution in [0.1, 0.15) is 59.4 Å². The molecule has 0 unspecified atom stereocenters. The molecule has 11 nitrogen and oxygen atoms in total. The van der Waals surface area contributed by atoms with Crippen LogP contribution in [-0.2, 0) is 9.53 Å². The fraction of sp³-hybridized carbons (Fsp3) is 0.565. The third kappa shape index (κ3) is 13.2. The zero-order valence-corrected chi connectivity index (χ0v) is 22.1. The molecule has 12 heteroatoms. The zero-order valence-electron chi connectivity index (χ0n) is 21.3. The van der Waals surface area contributed by atoms with Crippen LogP contribution in [0.25, 0.3) is 0 Å². The second kappa shape index (κ2) is 14.8. The second-order valence-corrected chi connectivity index (χ2v) is 9.81. The lowest BCUT2D eigenvalue weighted by molar-refractivity contribution is -0.122. The molecule has 35 heavy (non-hydrogen) atoms. The fourth-order valence-corrected chi connectivity index (χ4v) is 2.88. The predicted octanol–water partition coefficient (Wildman–Crippen LogP) is 3.49. The lowest BCUT2D eigenvalue weighted by Gasteiger charge is -2.24. The molecule has 5 N–H and O–H groups in total. The molecule has 0 aliphatic heterocycles. The van der Waals surface area contributed by atoms with Crippen LogP contribution >= 0.6 is 11.8 Å². The molecule has 0 aromatic carbocycles. The minimum Gasteiger partial charge on any atom is -0.444 e. The van der Waals surface area contributed by atoms with Crippen LogP contribution in [0.4, 0.5) is 16.6 Å². The van der Waals surface area contributed by atoms with Crippen LogP contribution in [0.15, 0.2) is 6.20 Å². The summed E-state index contributed by atoms with van der Waals surface area (Å²) in [7, 11) is 1.52. The molecule has 1 aromatic rings. The minimum absolute atomic E-state index is 0.0668. The molecule has 0 saturated heterocycles. The van der Waals surface area contributed by atoms with Crippen LogP contribution in [0.2, 0.25) is 0 Å². The Balaban J connectivity index is 2.56. The number of nitrogens with zero attached hydrogens (tertiary/aromatic N) is 3. The molecule has 0 atom stereocenters. The van der Waals surface area contributed by atoms with Crippen molar-refractivity contribution < 1.29 is 14.3 Å². The normalized spacial score (nSPS) is 10.5. The molecule has 192 valence electrons. The van der Waals surface area contributed by atoms with E-state index in [9.17, 15) is 9.59 Å². The first kappa shape index (κ1) is 29.7. The smallest absolute Gasteiger partial charge is 0.410 e. The van der Waals surface area contributed by atoms with Gasteiger partial charge in [-0.15, -0.1) is 0 Å². The van der Waals surface area contributed by atoms with E-state index >= 15 is 0 Å². The number of unbranched alkanes of at least 4 members (excludes halogenated alkanes) is 1. The molecule has 0 saturated carbocycles. The first-order valence-electron chi connectivity index (χ1n) is 11.3. The molecule has 1 aromatic heterocycles. The molecule has 0 aliphatic rings. The molecule has 0 fully saturated rings. The van der Waals surface area contributed by atoms with Gasteiger partial charge in [-0.25, -0.2) is 9.78 Å². The predicted molar refractivity (Wildman–Crippen MR) is 141 cm³/mol. The monoisotopic (exact) mass is 504 g/mol. The van der Waals surface area contributed by atoms with Gasteiger partial charge in [-0.05, 0) is 52.3 Å². The summed E-state index contributed by atoms with van der Waals surface area (Å²) in [4.78, 5) is 33.8. The van der Waals surface area contributed by atoms with Gasteiger partial charge in [0.05, 0.1) is 16.8 Å². The van der Waals surface area contributed by atoms with Crippen molar-refractivity contribution in [3.63, 3.8) is 0 Å². The molecule has 1 heterocycles. The van der Waals surface area contributed by atoms with Crippen molar-refractivity contribution >= 4 is 45.7 Å². The highest BCUT2D eigenvalue weighted by Crippen LogP contribution is 2.15. The molecule has 0 bridgehead atoms. The van der Waals surface area contributed by atoms with Gasteiger partial charge in [0.15, 0.2) is 5.17 Å². The van der Waals surface area contributed by atoms with Crippen LogP contribution in [0.5, 0.6) is 0 Å². The van der Waals surface area contributed by atoms with Crippen molar-refractivity contribution in [2.24, 2.45) is 0 Å². The second-order valence-electron chi connectivity index (χ2n) is 8.59. The summed E-state index contributed by atoms with van der Waals surface area (Å²) in [5.74, 6) is 6.67. The first-order chi connectivity index (χ1) is 16.4. The third-order valence-corrected chi connectivity index (χ3v) is 4.53. The number of hydrogen-bond donors (Lipinski definition) is 5. The van der Waals surface area contributed by atoms with Crippen molar-refractivity contribution in [3.05, 3.63) is 11.8 Å². The van der Waals surface area contributed by atoms with E-state index in [-0.39, 0.29) is 23.6 Å². The Kier molecular flexibility index (Phi) is 12.6. The van der Waals surface area contributed by atoms with Crippen molar-refractivity contribution in [1.82, 2.24) is 20.2 Å². The summed E-state index contributed by atoms with van der Waals surface area (Å²) in [5, 5.41) is 24.4. The minimum atomic E-state index is -0.615. The number of thioether (sulfide) groups is 1. The Hall–Kier alpha value is -3.33. The van der Waals surface area contributed by atoms with E-state index in [2.05, 4.69) is 37.8 Å². The maximum Gasteiger partial charge on any atom is 0.410 e. The van der Waals surface area contributed by atoms with Crippen molar-refractivity contribution in [2.75, 3.05) is 37.3 Å². The Bertz CT molecular complexity index is 966. The fourth-order valence-electron chi connectivity index (χ4n) is 2.43. The van der Waals surface area contributed by atoms with E-state index in [1.165, 1.54) is 11.9 Å². The van der Waals surface area contributed by atoms with Gasteiger partial charge >= 0.3 is 6.09 Å². The summed E-state index contributed by atoms with van der Waals surface area (Å²) in [6, 6.07) is 0. The van der Waals surface area contributed by atoms with E-state index in [4.69, 9.17) is 15.6 Å². The van der Waals surface area contributed by atoms with Crippen molar-refractivity contribution in [3.8, 4) is 11.8 Å². The number of amidine groups is 1. The highest BCUT2D eigenvalue weighted by atomic mass is 32.2. The van der Waals surface area contributed by atoms with Crippen LogP contribution < -0.4 is 16.0 Å². The number of carbonyl (C=O) groups excluding carboxylic acids is 2. The standard InChI is InChI=1S/C23H36N8O3S/c1-7-12-27-19-17(14-28-21(29-19)30-20(25)35-16(2)24)11-9-8-10-13-26-18(32)15-31(6)22(33)34-23(3,4)5/h14,24H,7-8,10,12-13,15H2,1-6H3,(H,26,32)(H3,25,27,28,29,30). The molecule has 2 amide bonds. The molecule has 0 spiro atoms. The van der Waals surface area contributed by atoms with Gasteiger partial charge in [-0.2, -0.15) is 4.98 Å². The van der Waals surface area contributed by atoms with Gasteiger partial charge in [0.1, 0.15) is 18.0 Å². The van der Waals surface area contributed by atoms with E-state index in [0.29, 0.717) is 42.4 Å². The van der Waals surface area contributed by atoms with Gasteiger partial charge in [-0.3, -0.25) is 15.6 Å². The van der Waals surface area contributed by atoms with Crippen molar-refractivity contribution in [1.29, 1.82) is 10.8 Å². The van der Waals surface area contributed by atoms with Crippen LogP contribution in [0.3, 0.4) is 0 Å². The molecular weight excluding hydrogens is 468 g/mol. The van der Waals surface area contributed by atoms with Gasteiger partial charge in [0.2, 0.25) is 11.9 Å². The average molecular weight is 505 g/mol. The van der Waals surface area contributed by atoms with Gasteiger partial charge in [-0.1, -0.05) is 18.8 Å². The number of aromatic nitrogens is 2. The quantitative estimate of drug-likeness (QED) is 0.148. The number of ether oxygens (including phenoxy) is 1. The average Bonchev–Trinajstić information content (AvgIpc) is 2.73. The SMILES string of the molecule is CCCNc1nc(NC(=N)SC(C)=N)ncc1C#CCCCNC(=O)CN(C)C(=O)OC(C)(C)C. The summed E-state index contributed by atoms with van der Waals surface area (Å²) < 4.78 is 5.22. The van der Waals surface area contributed by atoms with E-state index in [1.807, 2.05) is 6.92 Å². The van der Waals surface area contributed by atoms with Crippen molar-refractivity contribution in [2.45, 2.75) is 59.5 Å². The number of hydrogen-bond acceptors (Lipinski definition) is 9. The van der Waals surface area contributed by atoms with Gasteiger partial charge < -0.3 is 25.6 Å². The maximum absolute atomic E-state index is 12.0. The summed E-state index contributed by atoms with van der Waals surface area (Å²) in [5.41, 5.74) is 0.0191. The first-order valence-corrected chi connectivity index (χ1v) is 12.1. The Morgan fingerprint density at radius 3 is 2.60 bits per heavy atom. The Morgan fingerprint density at radius 1 is 1.26 bits per heavy atom. The van der Waals surface area contributed by atoms with E-state index in [0.717, 1.165) is 18.2 Å². The maximum atomic E-state index is 12.0. The van der Waals surface area contributed by atoms with Crippen LogP contribution in [-0.4, -0.2) is 69.4 Å². The zero-order chi connectivity index (χ0) is 26.4. The number of rotatable bonds is 9. The number of amides is 2. The molecule has 0 aliphatic carbocycles. The Morgan fingerprint density at radius 2 is 1.97 bits per heavy atom.